The number of fused-ring (bicyclic) bond motifs is 1. The lowest BCUT2D eigenvalue weighted by Crippen LogP contribution is -2.73. The highest BCUT2D eigenvalue weighted by Gasteiger charge is 2.54. The van der Waals surface area contributed by atoms with Crippen molar-refractivity contribution < 1.29 is 9.59 Å². The minimum Gasteiger partial charge on any atom is -0.369 e. The van der Waals surface area contributed by atoms with Gasteiger partial charge in [-0.25, -0.2) is 4.98 Å². The van der Waals surface area contributed by atoms with Gasteiger partial charge in [0, 0.05) is 44.2 Å². The minimum atomic E-state index is -0.601. The first-order valence-corrected chi connectivity index (χ1v) is 11.6. The van der Waals surface area contributed by atoms with E-state index in [2.05, 4.69) is 20.9 Å². The van der Waals surface area contributed by atoms with Crippen LogP contribution in [0.15, 0.2) is 49.2 Å². The standard InChI is InChI=1S/C26H25N7O2/c1-25(2)21-6-17(8-27)4-5-20(21)23(34)33(25)19-7-18(9-28-10-19)31-12-26(13-31)14-32(15-26)24(35)22-11-29-16-30(22)3/h4-7,9-11,16H,12-15H2,1-3H3. The lowest BCUT2D eigenvalue weighted by molar-refractivity contribution is -0.0111. The van der Waals surface area contributed by atoms with Gasteiger partial charge in [0.1, 0.15) is 5.69 Å². The minimum absolute atomic E-state index is 0.0200. The molecule has 2 saturated heterocycles. The molecule has 5 heterocycles. The largest absolute Gasteiger partial charge is 0.369 e. The Kier molecular flexibility index (Phi) is 4.36. The molecule has 0 N–H and O–H groups in total. The van der Waals surface area contributed by atoms with E-state index in [9.17, 15) is 14.9 Å². The number of hydrogen-bond donors (Lipinski definition) is 0. The quantitative estimate of drug-likeness (QED) is 0.587. The van der Waals surface area contributed by atoms with Crippen LogP contribution in [0.1, 0.15) is 45.8 Å². The predicted molar refractivity (Wildman–Crippen MR) is 129 cm³/mol. The normalized spacial score (nSPS) is 19.3. The van der Waals surface area contributed by atoms with E-state index in [-0.39, 0.29) is 17.2 Å². The van der Waals surface area contributed by atoms with Crippen molar-refractivity contribution in [2.45, 2.75) is 19.4 Å². The molecule has 9 nitrogen and oxygen atoms in total. The van der Waals surface area contributed by atoms with Gasteiger partial charge in [-0.1, -0.05) is 0 Å². The molecule has 0 radical (unpaired) electrons. The summed E-state index contributed by atoms with van der Waals surface area (Å²) in [6.45, 7) is 7.13. The number of imidazole rings is 1. The maximum Gasteiger partial charge on any atom is 0.272 e. The summed E-state index contributed by atoms with van der Waals surface area (Å²) in [5.74, 6) is -0.0662. The molecule has 2 amide bonds. The van der Waals surface area contributed by atoms with Crippen LogP contribution >= 0.6 is 0 Å². The van der Waals surface area contributed by atoms with Gasteiger partial charge in [0.15, 0.2) is 0 Å². The summed E-state index contributed by atoms with van der Waals surface area (Å²) in [6.07, 6.45) is 6.79. The van der Waals surface area contributed by atoms with Crippen molar-refractivity contribution in [3.8, 4) is 6.07 Å². The van der Waals surface area contributed by atoms with Crippen molar-refractivity contribution in [2.75, 3.05) is 36.0 Å². The topological polar surface area (TPSA) is 98.4 Å². The fraction of sp³-hybridized carbons (Fsp3) is 0.346. The number of carbonyl (C=O) groups is 2. The fourth-order valence-electron chi connectivity index (χ4n) is 5.73. The third-order valence-electron chi connectivity index (χ3n) is 7.56. The molecule has 176 valence electrons. The second kappa shape index (κ2) is 7.15. The zero-order chi connectivity index (χ0) is 24.5. The van der Waals surface area contributed by atoms with Crippen LogP contribution in [0.5, 0.6) is 0 Å². The Morgan fingerprint density at radius 3 is 2.46 bits per heavy atom. The Morgan fingerprint density at radius 1 is 1.03 bits per heavy atom. The number of benzene rings is 1. The van der Waals surface area contributed by atoms with E-state index in [0.717, 1.165) is 43.1 Å². The van der Waals surface area contributed by atoms with Gasteiger partial charge in [0.25, 0.3) is 11.8 Å². The summed E-state index contributed by atoms with van der Waals surface area (Å²) >= 11 is 0. The summed E-state index contributed by atoms with van der Waals surface area (Å²) in [4.78, 5) is 40.4. The highest BCUT2D eigenvalue weighted by molar-refractivity contribution is 6.12. The summed E-state index contributed by atoms with van der Waals surface area (Å²) in [5, 5.41) is 9.30. The Balaban J connectivity index is 1.17. The number of nitrogens with zero attached hydrogens (tertiary/aromatic N) is 7. The average Bonchev–Trinajstić information content (AvgIpc) is 3.30. The van der Waals surface area contributed by atoms with Gasteiger partial charge in [-0.15, -0.1) is 0 Å². The molecule has 3 aromatic rings. The summed E-state index contributed by atoms with van der Waals surface area (Å²) in [5.41, 5.74) is 3.82. The molecule has 2 aromatic heterocycles. The van der Waals surface area contributed by atoms with E-state index in [1.54, 1.807) is 46.4 Å². The van der Waals surface area contributed by atoms with Gasteiger partial charge in [0.2, 0.25) is 0 Å². The third-order valence-corrected chi connectivity index (χ3v) is 7.56. The van der Waals surface area contributed by atoms with Crippen molar-refractivity contribution in [2.24, 2.45) is 12.5 Å². The van der Waals surface area contributed by atoms with Crippen LogP contribution in [-0.2, 0) is 12.6 Å². The maximum atomic E-state index is 13.3. The molecule has 35 heavy (non-hydrogen) atoms. The van der Waals surface area contributed by atoms with Crippen molar-refractivity contribution in [1.29, 1.82) is 5.26 Å². The number of pyridine rings is 1. The second-order valence-corrected chi connectivity index (χ2v) is 10.4. The van der Waals surface area contributed by atoms with Gasteiger partial charge >= 0.3 is 0 Å². The maximum absolute atomic E-state index is 13.3. The number of nitriles is 1. The van der Waals surface area contributed by atoms with Crippen molar-refractivity contribution >= 4 is 23.2 Å². The predicted octanol–water partition coefficient (Wildman–Crippen LogP) is 2.54. The van der Waals surface area contributed by atoms with Crippen LogP contribution in [0.2, 0.25) is 0 Å². The second-order valence-electron chi connectivity index (χ2n) is 10.4. The molecule has 1 aromatic carbocycles. The molecule has 6 rings (SSSR count). The van der Waals surface area contributed by atoms with Crippen LogP contribution in [-0.4, -0.2) is 57.4 Å². The van der Waals surface area contributed by atoms with Gasteiger partial charge in [-0.3, -0.25) is 19.5 Å². The van der Waals surface area contributed by atoms with Gasteiger partial charge in [-0.05, 0) is 43.7 Å². The molecule has 0 atom stereocenters. The monoisotopic (exact) mass is 467 g/mol. The number of aryl methyl sites for hydroxylation is 1. The van der Waals surface area contributed by atoms with Crippen molar-refractivity contribution in [1.82, 2.24) is 19.4 Å². The first-order chi connectivity index (χ1) is 16.7. The molecule has 0 unspecified atom stereocenters. The van der Waals surface area contributed by atoms with Crippen molar-refractivity contribution in [3.63, 3.8) is 0 Å². The number of hydrogen-bond acceptors (Lipinski definition) is 6. The Labute approximate surface area is 203 Å². The highest BCUT2D eigenvalue weighted by Crippen LogP contribution is 2.45. The molecule has 2 fully saturated rings. The van der Waals surface area contributed by atoms with Gasteiger partial charge in [-0.2, -0.15) is 5.26 Å². The van der Waals surface area contributed by atoms with Crippen LogP contribution in [0.4, 0.5) is 11.4 Å². The zero-order valence-electron chi connectivity index (χ0n) is 19.9. The van der Waals surface area contributed by atoms with Crippen LogP contribution in [0.3, 0.4) is 0 Å². The van der Waals surface area contributed by atoms with E-state index in [1.807, 2.05) is 38.1 Å². The Bertz CT molecular complexity index is 1420. The third kappa shape index (κ3) is 3.06. The van der Waals surface area contributed by atoms with Gasteiger partial charge < -0.3 is 14.4 Å². The molecular formula is C26H25N7O2. The highest BCUT2D eigenvalue weighted by atomic mass is 16.2. The lowest BCUT2D eigenvalue weighted by Gasteiger charge is -2.60. The molecule has 3 aliphatic heterocycles. The molecule has 3 aliphatic rings. The fourth-order valence-corrected chi connectivity index (χ4v) is 5.73. The molecule has 0 saturated carbocycles. The van der Waals surface area contributed by atoms with Crippen molar-refractivity contribution in [3.05, 3.63) is 71.6 Å². The van der Waals surface area contributed by atoms with Crippen LogP contribution < -0.4 is 9.80 Å². The first kappa shape index (κ1) is 21.4. The van der Waals surface area contributed by atoms with E-state index in [4.69, 9.17) is 0 Å². The Hall–Kier alpha value is -4.19. The molecule has 1 spiro atoms. The Morgan fingerprint density at radius 2 is 1.77 bits per heavy atom. The van der Waals surface area contributed by atoms with Crippen LogP contribution in [0.25, 0.3) is 0 Å². The van der Waals surface area contributed by atoms with Crippen LogP contribution in [0, 0.1) is 16.7 Å². The number of amides is 2. The number of carbonyl (C=O) groups excluding carboxylic acids is 2. The zero-order valence-corrected chi connectivity index (χ0v) is 19.9. The molecular weight excluding hydrogens is 442 g/mol. The van der Waals surface area contributed by atoms with E-state index >= 15 is 0 Å². The average molecular weight is 468 g/mol. The first-order valence-electron chi connectivity index (χ1n) is 11.6. The molecule has 9 heteroatoms. The summed E-state index contributed by atoms with van der Waals surface area (Å²) in [6, 6.07) is 9.40. The lowest BCUT2D eigenvalue weighted by atomic mass is 9.72. The van der Waals surface area contributed by atoms with E-state index in [0.29, 0.717) is 16.8 Å². The summed E-state index contributed by atoms with van der Waals surface area (Å²) in [7, 11) is 1.83. The number of likely N-dealkylation sites (tertiary alicyclic amines) is 1. The molecule has 0 aliphatic carbocycles. The van der Waals surface area contributed by atoms with Gasteiger partial charge in [0.05, 0.1) is 53.5 Å². The van der Waals surface area contributed by atoms with E-state index < -0.39 is 5.54 Å². The van der Waals surface area contributed by atoms with E-state index in [1.165, 1.54) is 0 Å². The smallest absolute Gasteiger partial charge is 0.272 e. The SMILES string of the molecule is Cn1cncc1C(=O)N1CC2(C1)CN(c1cncc(N3C(=O)c4ccc(C#N)cc4C3(C)C)c1)C2. The number of aromatic nitrogens is 3. The molecule has 0 bridgehead atoms. The number of anilines is 2. The number of rotatable bonds is 3. The summed E-state index contributed by atoms with van der Waals surface area (Å²) < 4.78 is 1.75.